The predicted molar refractivity (Wildman–Crippen MR) is 75.9 cm³/mol. The van der Waals surface area contributed by atoms with E-state index in [9.17, 15) is 5.11 Å². The van der Waals surface area contributed by atoms with E-state index in [0.717, 1.165) is 38.0 Å². The van der Waals surface area contributed by atoms with E-state index in [4.69, 9.17) is 9.47 Å². The molecule has 0 aromatic heterocycles. The van der Waals surface area contributed by atoms with Crippen molar-refractivity contribution in [3.8, 4) is 0 Å². The summed E-state index contributed by atoms with van der Waals surface area (Å²) in [5, 5.41) is 10.4. The van der Waals surface area contributed by atoms with Gasteiger partial charge in [-0.05, 0) is 39.0 Å². The Balaban J connectivity index is 1.77. The first-order chi connectivity index (χ1) is 8.82. The predicted octanol–water partition coefficient (Wildman–Crippen LogP) is 3.64. The molecule has 0 amide bonds. The van der Waals surface area contributed by atoms with Gasteiger partial charge in [0.2, 0.25) is 0 Å². The molecule has 0 radical (unpaired) electrons. The van der Waals surface area contributed by atoms with Gasteiger partial charge in [0.05, 0.1) is 17.8 Å². The molecule has 0 aromatic carbocycles. The molecule has 1 saturated heterocycles. The second kappa shape index (κ2) is 5.71. The van der Waals surface area contributed by atoms with Gasteiger partial charge in [0.15, 0.2) is 5.79 Å². The fourth-order valence-corrected chi connectivity index (χ4v) is 3.11. The van der Waals surface area contributed by atoms with Crippen LogP contribution in [-0.4, -0.2) is 28.7 Å². The maximum absolute atomic E-state index is 10.4. The highest BCUT2D eigenvalue weighted by Gasteiger charge is 2.54. The van der Waals surface area contributed by atoms with Crippen LogP contribution < -0.4 is 0 Å². The van der Waals surface area contributed by atoms with Crippen LogP contribution in [-0.2, 0) is 9.47 Å². The van der Waals surface area contributed by atoms with Gasteiger partial charge in [-0.3, -0.25) is 0 Å². The average Bonchev–Trinajstić information content (AvgIpc) is 3.00. The molecule has 1 aliphatic heterocycles. The molecule has 1 heterocycles. The zero-order valence-electron chi connectivity index (χ0n) is 12.9. The van der Waals surface area contributed by atoms with Crippen molar-refractivity contribution in [3.63, 3.8) is 0 Å². The molecular weight excluding hydrogens is 240 g/mol. The molecule has 112 valence electrons. The van der Waals surface area contributed by atoms with Gasteiger partial charge in [0.1, 0.15) is 0 Å². The molecule has 0 aromatic rings. The van der Waals surface area contributed by atoms with E-state index in [1.54, 1.807) is 0 Å². The third-order valence-corrected chi connectivity index (χ3v) is 4.24. The van der Waals surface area contributed by atoms with Crippen LogP contribution in [0, 0.1) is 5.92 Å². The van der Waals surface area contributed by atoms with Crippen LogP contribution in [0.15, 0.2) is 0 Å². The van der Waals surface area contributed by atoms with Crippen LogP contribution in [0.25, 0.3) is 0 Å². The van der Waals surface area contributed by atoms with Gasteiger partial charge in [0, 0.05) is 6.42 Å². The molecule has 3 nitrogen and oxygen atoms in total. The lowest BCUT2D eigenvalue weighted by atomic mass is 9.97. The van der Waals surface area contributed by atoms with Crippen LogP contribution in [0.1, 0.15) is 72.6 Å². The fraction of sp³-hybridized carbons (Fsp3) is 1.00. The number of aliphatic hydroxyl groups is 1. The van der Waals surface area contributed by atoms with Crippen molar-refractivity contribution in [2.45, 2.75) is 96.2 Å². The van der Waals surface area contributed by atoms with Gasteiger partial charge < -0.3 is 14.6 Å². The highest BCUT2D eigenvalue weighted by molar-refractivity contribution is 5.02. The van der Waals surface area contributed by atoms with Crippen LogP contribution >= 0.6 is 0 Å². The molecule has 0 bridgehead atoms. The van der Waals surface area contributed by atoms with Crippen LogP contribution in [0.2, 0.25) is 0 Å². The Hall–Kier alpha value is -0.120. The zero-order valence-corrected chi connectivity index (χ0v) is 12.9. The van der Waals surface area contributed by atoms with Crippen molar-refractivity contribution < 1.29 is 14.6 Å². The second-order valence-electron chi connectivity index (χ2n) is 7.29. The Morgan fingerprint density at radius 3 is 2.37 bits per heavy atom. The lowest BCUT2D eigenvalue weighted by Gasteiger charge is -2.43. The number of hydrogen-bond donors (Lipinski definition) is 1. The van der Waals surface area contributed by atoms with Crippen molar-refractivity contribution in [2.75, 3.05) is 0 Å². The topological polar surface area (TPSA) is 38.7 Å². The summed E-state index contributed by atoms with van der Waals surface area (Å²) in [5.74, 6) is 0.211. The summed E-state index contributed by atoms with van der Waals surface area (Å²) in [6.45, 7) is 8.42. The summed E-state index contributed by atoms with van der Waals surface area (Å²) in [4.78, 5) is 0. The van der Waals surface area contributed by atoms with Crippen molar-refractivity contribution in [3.05, 3.63) is 0 Å². The van der Waals surface area contributed by atoms with Crippen LogP contribution in [0.3, 0.4) is 0 Å². The normalized spacial score (nSPS) is 29.7. The smallest absolute Gasteiger partial charge is 0.163 e. The van der Waals surface area contributed by atoms with Gasteiger partial charge in [0.25, 0.3) is 0 Å². The molecule has 0 unspecified atom stereocenters. The summed E-state index contributed by atoms with van der Waals surface area (Å²) >= 11 is 0. The van der Waals surface area contributed by atoms with Gasteiger partial charge in [-0.1, -0.05) is 33.1 Å². The molecule has 2 rings (SSSR count). The highest BCUT2D eigenvalue weighted by atomic mass is 16.7. The van der Waals surface area contributed by atoms with Gasteiger partial charge >= 0.3 is 0 Å². The van der Waals surface area contributed by atoms with Crippen molar-refractivity contribution >= 4 is 0 Å². The number of unbranched alkanes of at least 4 members (excludes halogenated alkanes) is 1. The Kier molecular flexibility index (Phi) is 4.59. The first kappa shape index (κ1) is 15.3. The fourth-order valence-electron chi connectivity index (χ4n) is 3.11. The van der Waals surface area contributed by atoms with Gasteiger partial charge in [-0.25, -0.2) is 0 Å². The van der Waals surface area contributed by atoms with E-state index in [-0.39, 0.29) is 17.8 Å². The summed E-state index contributed by atoms with van der Waals surface area (Å²) in [6.07, 6.45) is 7.10. The number of hydrogen-bond acceptors (Lipinski definition) is 3. The lowest BCUT2D eigenvalue weighted by Crippen LogP contribution is -2.49. The Morgan fingerprint density at radius 2 is 1.79 bits per heavy atom. The van der Waals surface area contributed by atoms with E-state index < -0.39 is 5.79 Å². The van der Waals surface area contributed by atoms with E-state index >= 15 is 0 Å². The number of rotatable bonds is 6. The molecule has 1 aliphatic carbocycles. The van der Waals surface area contributed by atoms with Crippen molar-refractivity contribution in [1.29, 1.82) is 0 Å². The minimum atomic E-state index is -0.543. The Morgan fingerprint density at radius 1 is 1.16 bits per heavy atom. The largest absolute Gasteiger partial charge is 0.390 e. The maximum atomic E-state index is 10.4. The quantitative estimate of drug-likeness (QED) is 0.749. The standard InChI is InChI=1S/C16H30O3/c1-12(2)7-5-6-8-13(17)14-11-16(9-10-16)19-15(3,4)18-14/h12-14,17H,5-11H2,1-4H3/t13-,14-/m0/s1. The first-order valence-corrected chi connectivity index (χ1v) is 7.88. The summed E-state index contributed by atoms with van der Waals surface area (Å²) in [7, 11) is 0. The van der Waals surface area contributed by atoms with E-state index in [2.05, 4.69) is 13.8 Å². The van der Waals surface area contributed by atoms with E-state index in [1.807, 2.05) is 13.8 Å². The van der Waals surface area contributed by atoms with E-state index in [0.29, 0.717) is 0 Å². The third-order valence-electron chi connectivity index (χ3n) is 4.24. The minimum absolute atomic E-state index is 0.0192. The average molecular weight is 270 g/mol. The SMILES string of the molecule is CC(C)CCCC[C@H](O)[C@@H]1CC2(CC2)OC(C)(C)O1. The van der Waals surface area contributed by atoms with Crippen molar-refractivity contribution in [2.24, 2.45) is 5.92 Å². The first-order valence-electron chi connectivity index (χ1n) is 7.88. The second-order valence-corrected chi connectivity index (χ2v) is 7.29. The van der Waals surface area contributed by atoms with Gasteiger partial charge in [-0.2, -0.15) is 0 Å². The highest BCUT2D eigenvalue weighted by Crippen LogP contribution is 2.51. The molecule has 2 fully saturated rings. The van der Waals surface area contributed by atoms with Crippen LogP contribution in [0.5, 0.6) is 0 Å². The van der Waals surface area contributed by atoms with Gasteiger partial charge in [-0.15, -0.1) is 0 Å². The number of aliphatic hydroxyl groups excluding tert-OH is 1. The lowest BCUT2D eigenvalue weighted by molar-refractivity contribution is -0.321. The Labute approximate surface area is 117 Å². The minimum Gasteiger partial charge on any atom is -0.390 e. The molecule has 1 N–H and O–H groups in total. The van der Waals surface area contributed by atoms with Crippen LogP contribution in [0.4, 0.5) is 0 Å². The summed E-state index contributed by atoms with van der Waals surface area (Å²) < 4.78 is 11.9. The molecule has 2 atom stereocenters. The Bertz CT molecular complexity index is 288. The molecule has 1 saturated carbocycles. The van der Waals surface area contributed by atoms with E-state index in [1.165, 1.54) is 12.8 Å². The molecule has 3 heteroatoms. The third kappa shape index (κ3) is 4.44. The molecular formula is C16H30O3. The van der Waals surface area contributed by atoms with Crippen molar-refractivity contribution in [1.82, 2.24) is 0 Å². The summed E-state index contributed by atoms with van der Waals surface area (Å²) in [6, 6.07) is 0. The zero-order chi connectivity index (χ0) is 14.1. The maximum Gasteiger partial charge on any atom is 0.163 e. The summed E-state index contributed by atoms with van der Waals surface area (Å²) in [5.41, 5.74) is 0.0192. The molecule has 1 spiro atoms. The monoisotopic (exact) mass is 270 g/mol. The molecule has 19 heavy (non-hydrogen) atoms. The molecule has 2 aliphatic rings. The number of ether oxygens (including phenoxy) is 2.